The van der Waals surface area contributed by atoms with Crippen LogP contribution >= 0.6 is 11.6 Å². The van der Waals surface area contributed by atoms with Crippen LogP contribution in [0.15, 0.2) is 65.2 Å². The second kappa shape index (κ2) is 8.49. The van der Waals surface area contributed by atoms with Crippen LogP contribution in [0.25, 0.3) is 11.3 Å². The minimum absolute atomic E-state index is 0.219. The number of benzene rings is 2. The van der Waals surface area contributed by atoms with E-state index in [1.807, 2.05) is 30.3 Å². The number of halogens is 1. The van der Waals surface area contributed by atoms with Gasteiger partial charge in [0.05, 0.1) is 0 Å². The number of nitrogens with zero attached hydrogens (tertiary/aromatic N) is 1. The van der Waals surface area contributed by atoms with Crippen molar-refractivity contribution < 1.29 is 9.32 Å². The molecule has 0 fully saturated rings. The van der Waals surface area contributed by atoms with Gasteiger partial charge < -0.3 is 9.84 Å². The lowest BCUT2D eigenvalue weighted by Crippen LogP contribution is -2.24. The predicted octanol–water partition coefficient (Wildman–Crippen LogP) is 4.75. The van der Waals surface area contributed by atoms with Crippen molar-refractivity contribution in [2.75, 3.05) is 6.54 Å². The van der Waals surface area contributed by atoms with E-state index in [4.69, 9.17) is 16.1 Å². The van der Waals surface area contributed by atoms with Gasteiger partial charge in [-0.1, -0.05) is 47.1 Å². The lowest BCUT2D eigenvalue weighted by atomic mass is 10.1. The molecule has 0 aliphatic heterocycles. The zero-order valence-corrected chi connectivity index (χ0v) is 14.5. The Bertz CT molecular complexity index is 813. The van der Waals surface area contributed by atoms with Gasteiger partial charge in [0.1, 0.15) is 0 Å². The zero-order chi connectivity index (χ0) is 17.5. The molecule has 3 rings (SSSR count). The highest BCUT2D eigenvalue weighted by atomic mass is 35.5. The summed E-state index contributed by atoms with van der Waals surface area (Å²) < 4.78 is 5.24. The van der Waals surface area contributed by atoms with Crippen molar-refractivity contribution in [3.63, 3.8) is 0 Å². The summed E-state index contributed by atoms with van der Waals surface area (Å²) in [5.74, 6) is 0.328. The summed E-state index contributed by atoms with van der Waals surface area (Å²) in [5.41, 5.74) is 2.43. The average molecular weight is 355 g/mol. The molecule has 0 spiro atoms. The molecule has 1 aromatic heterocycles. The molecule has 0 aliphatic carbocycles. The van der Waals surface area contributed by atoms with Crippen molar-refractivity contribution in [2.45, 2.75) is 19.3 Å². The number of amides is 1. The summed E-state index contributed by atoms with van der Waals surface area (Å²) in [4.78, 5) is 12.1. The largest absolute Gasteiger partial charge is 0.355 e. The monoisotopic (exact) mass is 354 g/mol. The predicted molar refractivity (Wildman–Crippen MR) is 98.7 cm³/mol. The van der Waals surface area contributed by atoms with E-state index in [0.717, 1.165) is 24.8 Å². The van der Waals surface area contributed by atoms with E-state index in [9.17, 15) is 4.79 Å². The lowest BCUT2D eigenvalue weighted by Gasteiger charge is -2.03. The van der Waals surface area contributed by atoms with Crippen LogP contribution in [0.1, 0.15) is 28.9 Å². The average Bonchev–Trinajstić information content (AvgIpc) is 3.13. The van der Waals surface area contributed by atoms with E-state index >= 15 is 0 Å². The Morgan fingerprint density at radius 1 is 1.04 bits per heavy atom. The number of carbonyl (C=O) groups is 1. The van der Waals surface area contributed by atoms with Gasteiger partial charge in [-0.2, -0.15) is 0 Å². The van der Waals surface area contributed by atoms with Crippen LogP contribution in [0.2, 0.25) is 5.02 Å². The lowest BCUT2D eigenvalue weighted by molar-refractivity contribution is 0.0944. The summed E-state index contributed by atoms with van der Waals surface area (Å²) >= 11 is 5.87. The molecule has 1 amide bonds. The molecular formula is C20H19ClN2O2. The highest BCUT2D eigenvalue weighted by molar-refractivity contribution is 6.30. The second-order valence-electron chi connectivity index (χ2n) is 5.78. The molecule has 0 saturated carbocycles. The number of unbranched alkanes of at least 4 members (excludes halogenated alkanes) is 1. The van der Waals surface area contributed by atoms with E-state index < -0.39 is 0 Å². The van der Waals surface area contributed by atoms with Crippen LogP contribution in [0, 0.1) is 0 Å². The van der Waals surface area contributed by atoms with Crippen LogP contribution in [0.3, 0.4) is 0 Å². The Morgan fingerprint density at radius 2 is 1.80 bits per heavy atom. The Kier molecular flexibility index (Phi) is 5.86. The van der Waals surface area contributed by atoms with Crippen molar-refractivity contribution in [1.29, 1.82) is 0 Å². The zero-order valence-electron chi connectivity index (χ0n) is 13.7. The van der Waals surface area contributed by atoms with Crippen molar-refractivity contribution in [2.24, 2.45) is 0 Å². The Labute approximate surface area is 151 Å². The molecule has 25 heavy (non-hydrogen) atoms. The van der Waals surface area contributed by atoms with E-state index in [-0.39, 0.29) is 11.6 Å². The maximum atomic E-state index is 12.1. The van der Waals surface area contributed by atoms with Gasteiger partial charge in [0, 0.05) is 23.2 Å². The van der Waals surface area contributed by atoms with Crippen molar-refractivity contribution in [1.82, 2.24) is 10.5 Å². The molecule has 128 valence electrons. The molecule has 1 N–H and O–H groups in total. The first kappa shape index (κ1) is 17.2. The summed E-state index contributed by atoms with van der Waals surface area (Å²) in [5, 5.41) is 7.37. The summed E-state index contributed by atoms with van der Waals surface area (Å²) in [7, 11) is 0. The van der Waals surface area contributed by atoms with Crippen LogP contribution in [-0.2, 0) is 6.42 Å². The minimum Gasteiger partial charge on any atom is -0.355 e. The van der Waals surface area contributed by atoms with E-state index in [1.165, 1.54) is 5.56 Å². The van der Waals surface area contributed by atoms with Crippen LogP contribution in [0.4, 0.5) is 0 Å². The molecular weight excluding hydrogens is 336 g/mol. The first-order chi connectivity index (χ1) is 12.2. The fourth-order valence-electron chi connectivity index (χ4n) is 2.52. The van der Waals surface area contributed by atoms with Gasteiger partial charge in [0.25, 0.3) is 5.91 Å². The molecule has 4 nitrogen and oxygen atoms in total. The Hall–Kier alpha value is -2.59. The van der Waals surface area contributed by atoms with Gasteiger partial charge in [-0.05, 0) is 49.1 Å². The highest BCUT2D eigenvalue weighted by Crippen LogP contribution is 2.22. The third-order valence-corrected chi connectivity index (χ3v) is 4.14. The fraction of sp³-hybridized carbons (Fsp3) is 0.200. The van der Waals surface area contributed by atoms with Crippen molar-refractivity contribution >= 4 is 17.5 Å². The first-order valence-electron chi connectivity index (χ1n) is 8.27. The second-order valence-corrected chi connectivity index (χ2v) is 6.22. The third kappa shape index (κ3) is 4.94. The Morgan fingerprint density at radius 3 is 2.56 bits per heavy atom. The molecule has 2 aromatic carbocycles. The maximum absolute atomic E-state index is 12.1. The number of aryl methyl sites for hydroxylation is 1. The van der Waals surface area contributed by atoms with Crippen LogP contribution in [0.5, 0.6) is 0 Å². The maximum Gasteiger partial charge on any atom is 0.273 e. The number of rotatable bonds is 7. The molecule has 3 aromatic rings. The van der Waals surface area contributed by atoms with E-state index in [1.54, 1.807) is 18.2 Å². The number of aromatic nitrogens is 1. The van der Waals surface area contributed by atoms with Crippen LogP contribution < -0.4 is 5.32 Å². The Balaban J connectivity index is 1.45. The van der Waals surface area contributed by atoms with Gasteiger partial charge in [0.2, 0.25) is 0 Å². The van der Waals surface area contributed by atoms with Gasteiger partial charge in [-0.25, -0.2) is 0 Å². The van der Waals surface area contributed by atoms with E-state index in [2.05, 4.69) is 22.6 Å². The number of hydrogen-bond donors (Lipinski definition) is 1. The molecule has 0 atom stereocenters. The van der Waals surface area contributed by atoms with Gasteiger partial charge in [0.15, 0.2) is 11.5 Å². The number of carbonyl (C=O) groups excluding carboxylic acids is 1. The minimum atomic E-state index is -0.219. The first-order valence-corrected chi connectivity index (χ1v) is 8.65. The molecule has 0 bridgehead atoms. The molecule has 0 radical (unpaired) electrons. The molecule has 5 heteroatoms. The molecule has 0 saturated heterocycles. The quantitative estimate of drug-likeness (QED) is 0.623. The summed E-state index contributed by atoms with van der Waals surface area (Å²) in [6.45, 7) is 0.620. The van der Waals surface area contributed by atoms with Crippen molar-refractivity contribution in [3.8, 4) is 11.3 Å². The molecule has 0 aliphatic rings. The number of nitrogens with one attached hydrogen (secondary N) is 1. The van der Waals surface area contributed by atoms with Gasteiger partial charge in [-0.3, -0.25) is 4.79 Å². The highest BCUT2D eigenvalue weighted by Gasteiger charge is 2.13. The summed E-state index contributed by atoms with van der Waals surface area (Å²) in [6, 6.07) is 19.2. The normalized spacial score (nSPS) is 10.6. The third-order valence-electron chi connectivity index (χ3n) is 3.89. The van der Waals surface area contributed by atoms with Crippen LogP contribution in [-0.4, -0.2) is 17.6 Å². The standard InChI is InChI=1S/C20H19ClN2O2/c21-17-11-9-16(10-12-17)19-14-18(23-25-19)20(24)22-13-5-4-8-15-6-2-1-3-7-15/h1-3,6-7,9-12,14H,4-5,8,13H2,(H,22,24). The van der Waals surface area contributed by atoms with E-state index in [0.29, 0.717) is 17.3 Å². The number of hydrogen-bond acceptors (Lipinski definition) is 3. The molecule has 0 unspecified atom stereocenters. The smallest absolute Gasteiger partial charge is 0.273 e. The fourth-order valence-corrected chi connectivity index (χ4v) is 2.65. The van der Waals surface area contributed by atoms with Gasteiger partial charge >= 0.3 is 0 Å². The van der Waals surface area contributed by atoms with Crippen molar-refractivity contribution in [3.05, 3.63) is 76.9 Å². The SMILES string of the molecule is O=C(NCCCCc1ccccc1)c1cc(-c2ccc(Cl)cc2)on1. The topological polar surface area (TPSA) is 55.1 Å². The van der Waals surface area contributed by atoms with Gasteiger partial charge in [-0.15, -0.1) is 0 Å². The molecule has 1 heterocycles. The summed E-state index contributed by atoms with van der Waals surface area (Å²) in [6.07, 6.45) is 2.96.